The molecule has 0 radical (unpaired) electrons. The zero-order valence-corrected chi connectivity index (χ0v) is 14.7. The highest BCUT2D eigenvalue weighted by atomic mass is 79.9. The molecule has 0 bridgehead atoms. The monoisotopic (exact) mass is 382 g/mol. The van der Waals surface area contributed by atoms with Gasteiger partial charge in [0, 0.05) is 30.2 Å². The molecule has 2 N–H and O–H groups in total. The van der Waals surface area contributed by atoms with Crippen LogP contribution in [0.1, 0.15) is 19.0 Å². The summed E-state index contributed by atoms with van der Waals surface area (Å²) in [5, 5.41) is 3.97. The van der Waals surface area contributed by atoms with Gasteiger partial charge in [0.1, 0.15) is 10.1 Å². The average molecular weight is 383 g/mol. The van der Waals surface area contributed by atoms with Crippen LogP contribution in [0.5, 0.6) is 0 Å². The van der Waals surface area contributed by atoms with Crippen LogP contribution in [0.4, 0.5) is 0 Å². The van der Waals surface area contributed by atoms with Crippen LogP contribution in [0, 0.1) is 0 Å². The van der Waals surface area contributed by atoms with E-state index in [0.29, 0.717) is 0 Å². The number of halogens is 1. The topological polar surface area (TPSA) is 56.2 Å². The Bertz CT molecular complexity index is 752. The molecule has 0 fully saturated rings. The van der Waals surface area contributed by atoms with Gasteiger partial charge in [-0.05, 0) is 46.2 Å². The number of imidazole rings is 1. The molecule has 21 heavy (non-hydrogen) atoms. The van der Waals surface area contributed by atoms with E-state index in [1.807, 2.05) is 12.1 Å². The minimum Gasteiger partial charge on any atom is -0.327 e. The number of hydrogen-bond acceptors (Lipinski definition) is 5. The molecule has 0 aliphatic carbocycles. The maximum Gasteiger partial charge on any atom is 0.194 e. The quantitative estimate of drug-likeness (QED) is 0.724. The first-order chi connectivity index (χ1) is 10.2. The Morgan fingerprint density at radius 2 is 2.33 bits per heavy atom. The fourth-order valence-corrected chi connectivity index (χ4v) is 4.19. The number of pyridine rings is 1. The standard InChI is InChI=1S/C14H15BrN4S2/c1-2-9(16)8-11-13(18-14-19(11)6-7-20-14)21-12-10(15)4-3-5-17-12/h3-7,9H,2,8,16H2,1H3. The molecule has 0 saturated carbocycles. The van der Waals surface area contributed by atoms with Crippen molar-refractivity contribution in [3.8, 4) is 0 Å². The summed E-state index contributed by atoms with van der Waals surface area (Å²) in [6.07, 6.45) is 5.63. The van der Waals surface area contributed by atoms with E-state index in [1.54, 1.807) is 29.3 Å². The summed E-state index contributed by atoms with van der Waals surface area (Å²) in [5.74, 6) is 0. The Balaban J connectivity index is 1.99. The van der Waals surface area contributed by atoms with Crippen molar-refractivity contribution in [2.45, 2.75) is 35.9 Å². The molecule has 7 heteroatoms. The van der Waals surface area contributed by atoms with Gasteiger partial charge in [-0.25, -0.2) is 9.97 Å². The van der Waals surface area contributed by atoms with Gasteiger partial charge in [-0.3, -0.25) is 4.40 Å². The van der Waals surface area contributed by atoms with E-state index >= 15 is 0 Å². The largest absolute Gasteiger partial charge is 0.327 e. The molecule has 0 spiro atoms. The van der Waals surface area contributed by atoms with Crippen LogP contribution in [0.3, 0.4) is 0 Å². The molecule has 110 valence electrons. The third kappa shape index (κ3) is 3.15. The van der Waals surface area contributed by atoms with Crippen molar-refractivity contribution in [3.05, 3.63) is 40.1 Å². The second kappa shape index (κ2) is 6.48. The summed E-state index contributed by atoms with van der Waals surface area (Å²) in [7, 11) is 0. The molecule has 0 aliphatic rings. The van der Waals surface area contributed by atoms with Gasteiger partial charge in [0.05, 0.1) is 10.2 Å². The second-order valence-corrected chi connectivity index (χ2v) is 7.39. The summed E-state index contributed by atoms with van der Waals surface area (Å²) in [6.45, 7) is 2.11. The Hall–Kier alpha value is -0.890. The van der Waals surface area contributed by atoms with E-state index in [4.69, 9.17) is 10.7 Å². The van der Waals surface area contributed by atoms with Crippen molar-refractivity contribution >= 4 is 44.0 Å². The maximum absolute atomic E-state index is 6.14. The van der Waals surface area contributed by atoms with Crippen LogP contribution in [-0.2, 0) is 6.42 Å². The fourth-order valence-electron chi connectivity index (χ4n) is 2.01. The summed E-state index contributed by atoms with van der Waals surface area (Å²) < 4.78 is 3.12. The van der Waals surface area contributed by atoms with E-state index in [9.17, 15) is 0 Å². The van der Waals surface area contributed by atoms with Gasteiger partial charge in [-0.1, -0.05) is 6.92 Å². The van der Waals surface area contributed by atoms with Crippen molar-refractivity contribution in [1.82, 2.24) is 14.4 Å². The first-order valence-corrected chi connectivity index (χ1v) is 9.16. The number of rotatable bonds is 5. The van der Waals surface area contributed by atoms with E-state index in [0.717, 1.165) is 32.3 Å². The molecule has 1 unspecified atom stereocenters. The molecule has 0 amide bonds. The lowest BCUT2D eigenvalue weighted by molar-refractivity contribution is 0.627. The smallest absolute Gasteiger partial charge is 0.194 e. The average Bonchev–Trinajstić information content (AvgIpc) is 3.04. The number of fused-ring (bicyclic) bond motifs is 1. The first-order valence-electron chi connectivity index (χ1n) is 6.67. The summed E-state index contributed by atoms with van der Waals surface area (Å²) in [4.78, 5) is 10.1. The molecule has 3 heterocycles. The number of nitrogens with zero attached hydrogens (tertiary/aromatic N) is 3. The zero-order valence-electron chi connectivity index (χ0n) is 11.5. The minimum atomic E-state index is 0.149. The van der Waals surface area contributed by atoms with Crippen LogP contribution in [0.25, 0.3) is 4.96 Å². The summed E-state index contributed by atoms with van der Waals surface area (Å²) in [5.41, 5.74) is 7.31. The number of aromatic nitrogens is 3. The molecule has 4 nitrogen and oxygen atoms in total. The van der Waals surface area contributed by atoms with Crippen LogP contribution in [0.15, 0.2) is 44.4 Å². The fraction of sp³-hybridized carbons (Fsp3) is 0.286. The highest BCUT2D eigenvalue weighted by Gasteiger charge is 2.17. The van der Waals surface area contributed by atoms with Gasteiger partial charge < -0.3 is 5.73 Å². The van der Waals surface area contributed by atoms with E-state index < -0.39 is 0 Å². The predicted molar refractivity (Wildman–Crippen MR) is 91.1 cm³/mol. The van der Waals surface area contributed by atoms with Crippen molar-refractivity contribution in [2.24, 2.45) is 5.73 Å². The SMILES string of the molecule is CCC(N)Cc1c(Sc2ncccc2Br)nc2sccn12. The number of thiazole rings is 1. The highest BCUT2D eigenvalue weighted by molar-refractivity contribution is 9.10. The molecule has 3 aromatic heterocycles. The van der Waals surface area contributed by atoms with Crippen LogP contribution >= 0.6 is 39.0 Å². The van der Waals surface area contributed by atoms with Gasteiger partial charge in [0.15, 0.2) is 4.96 Å². The van der Waals surface area contributed by atoms with Crippen LogP contribution in [0.2, 0.25) is 0 Å². The molecular weight excluding hydrogens is 368 g/mol. The van der Waals surface area contributed by atoms with Crippen molar-refractivity contribution in [2.75, 3.05) is 0 Å². The molecule has 0 saturated heterocycles. The van der Waals surface area contributed by atoms with Gasteiger partial charge in [0.2, 0.25) is 0 Å². The molecule has 3 rings (SSSR count). The van der Waals surface area contributed by atoms with E-state index in [2.05, 4.69) is 43.8 Å². The minimum absolute atomic E-state index is 0.149. The zero-order chi connectivity index (χ0) is 14.8. The molecule has 0 aliphatic heterocycles. The number of hydrogen-bond donors (Lipinski definition) is 1. The first kappa shape index (κ1) is 15.0. The van der Waals surface area contributed by atoms with Gasteiger partial charge >= 0.3 is 0 Å². The van der Waals surface area contributed by atoms with E-state index in [-0.39, 0.29) is 6.04 Å². The lowest BCUT2D eigenvalue weighted by atomic mass is 10.1. The lowest BCUT2D eigenvalue weighted by Gasteiger charge is -2.09. The van der Waals surface area contributed by atoms with E-state index in [1.165, 1.54) is 5.69 Å². The van der Waals surface area contributed by atoms with Gasteiger partial charge in [-0.2, -0.15) is 0 Å². The Morgan fingerprint density at radius 1 is 1.48 bits per heavy atom. The molecule has 3 aromatic rings. The molecule has 1 atom stereocenters. The predicted octanol–water partition coefficient (Wildman–Crippen LogP) is 3.98. The Morgan fingerprint density at radius 3 is 3.10 bits per heavy atom. The Labute approximate surface area is 139 Å². The number of nitrogens with two attached hydrogens (primary N) is 1. The van der Waals surface area contributed by atoms with Crippen LogP contribution in [-0.4, -0.2) is 20.4 Å². The molecular formula is C14H15BrN4S2. The lowest BCUT2D eigenvalue weighted by Crippen LogP contribution is -2.22. The van der Waals surface area contributed by atoms with Gasteiger partial charge in [-0.15, -0.1) is 11.3 Å². The third-order valence-corrected chi connectivity index (χ3v) is 5.92. The normalized spacial score (nSPS) is 12.9. The van der Waals surface area contributed by atoms with Crippen LogP contribution < -0.4 is 5.73 Å². The summed E-state index contributed by atoms with van der Waals surface area (Å²) in [6, 6.07) is 4.05. The van der Waals surface area contributed by atoms with Crippen molar-refractivity contribution < 1.29 is 0 Å². The highest BCUT2D eigenvalue weighted by Crippen LogP contribution is 2.34. The second-order valence-electron chi connectivity index (χ2n) is 4.68. The Kier molecular flexibility index (Phi) is 4.63. The summed E-state index contributed by atoms with van der Waals surface area (Å²) >= 11 is 6.76. The van der Waals surface area contributed by atoms with Crippen molar-refractivity contribution in [3.63, 3.8) is 0 Å². The maximum atomic E-state index is 6.14. The third-order valence-electron chi connectivity index (χ3n) is 3.22. The van der Waals surface area contributed by atoms with Crippen molar-refractivity contribution in [1.29, 1.82) is 0 Å². The molecule has 0 aromatic carbocycles. The van der Waals surface area contributed by atoms with Gasteiger partial charge in [0.25, 0.3) is 0 Å².